The number of amides is 1. The van der Waals surface area contributed by atoms with E-state index in [1.54, 1.807) is 4.90 Å². The molecule has 6 N–H and O–H groups in total. The first-order valence-corrected chi connectivity index (χ1v) is 19.8. The quantitative estimate of drug-likeness (QED) is 0.0683. The fraction of sp³-hybridized carbons (Fsp3) is 0.571. The summed E-state index contributed by atoms with van der Waals surface area (Å²) in [5.41, 5.74) is 5.94. The van der Waals surface area contributed by atoms with E-state index in [1.165, 1.54) is 0 Å². The molecule has 1 aromatic heterocycles. The van der Waals surface area contributed by atoms with E-state index in [4.69, 9.17) is 31.3 Å². The van der Waals surface area contributed by atoms with Crippen molar-refractivity contribution in [2.24, 2.45) is 0 Å². The van der Waals surface area contributed by atoms with E-state index in [0.717, 1.165) is 96.9 Å². The first-order chi connectivity index (χ1) is 26.1. The van der Waals surface area contributed by atoms with Crippen molar-refractivity contribution >= 4 is 17.5 Å². The lowest BCUT2D eigenvalue weighted by Crippen LogP contribution is -2.46. The maximum Gasteiger partial charge on any atom is 0.222 e. The van der Waals surface area contributed by atoms with Crippen LogP contribution >= 0.6 is 11.6 Å². The molecule has 5 rings (SSSR count). The second kappa shape index (κ2) is 20.2. The topological polar surface area (TPSA) is 173 Å². The average Bonchev–Trinajstić information content (AvgIpc) is 4.13. The molecule has 54 heavy (non-hydrogen) atoms. The van der Waals surface area contributed by atoms with Gasteiger partial charge in [0.25, 0.3) is 0 Å². The summed E-state index contributed by atoms with van der Waals surface area (Å²) in [5.74, 6) is 0.703. The molecule has 296 valence electrons. The number of ether oxygens (including phenoxy) is 2. The van der Waals surface area contributed by atoms with Crippen LogP contribution in [0.4, 0.5) is 0 Å². The van der Waals surface area contributed by atoms with Crippen molar-refractivity contribution in [3.63, 3.8) is 0 Å². The average molecular weight is 769 g/mol. The minimum atomic E-state index is -1.73. The first kappa shape index (κ1) is 42.0. The molecule has 2 aliphatic carbocycles. The number of halogens is 1. The van der Waals surface area contributed by atoms with Crippen molar-refractivity contribution in [1.29, 1.82) is 0 Å². The van der Waals surface area contributed by atoms with E-state index < -0.39 is 36.6 Å². The molecule has 2 aliphatic rings. The monoisotopic (exact) mass is 768 g/mol. The maximum absolute atomic E-state index is 13.2. The van der Waals surface area contributed by atoms with Gasteiger partial charge in [0.15, 0.2) is 0 Å². The Bertz CT molecular complexity index is 1650. The van der Waals surface area contributed by atoms with Gasteiger partial charge >= 0.3 is 0 Å². The van der Waals surface area contributed by atoms with E-state index in [-0.39, 0.29) is 25.4 Å². The van der Waals surface area contributed by atoms with Gasteiger partial charge in [0, 0.05) is 54.7 Å². The van der Waals surface area contributed by atoms with Crippen LogP contribution in [0, 0.1) is 6.92 Å². The number of carbonyl (C=O) groups is 1. The molecule has 11 nitrogen and oxygen atoms in total. The van der Waals surface area contributed by atoms with Crippen molar-refractivity contribution in [2.45, 2.75) is 127 Å². The van der Waals surface area contributed by atoms with Gasteiger partial charge < -0.3 is 45.0 Å². The van der Waals surface area contributed by atoms with Crippen LogP contribution in [0.3, 0.4) is 0 Å². The van der Waals surface area contributed by atoms with Crippen LogP contribution in [0.2, 0.25) is 5.02 Å². The highest BCUT2D eigenvalue weighted by molar-refractivity contribution is 6.31. The lowest BCUT2D eigenvalue weighted by atomic mass is 9.96. The number of hydrogen-bond acceptors (Lipinski definition) is 10. The minimum Gasteiger partial charge on any atom is -0.490 e. The third-order valence-electron chi connectivity index (χ3n) is 10.6. The molecule has 2 fully saturated rings. The van der Waals surface area contributed by atoms with Crippen LogP contribution in [-0.2, 0) is 28.2 Å². The van der Waals surface area contributed by atoms with Gasteiger partial charge in [0.2, 0.25) is 5.91 Å². The van der Waals surface area contributed by atoms with Gasteiger partial charge in [-0.2, -0.15) is 0 Å². The molecule has 1 heterocycles. The molecule has 1 amide bonds. The summed E-state index contributed by atoms with van der Waals surface area (Å²) >= 11 is 6.85. The predicted octanol–water partition coefficient (Wildman–Crippen LogP) is 4.99. The maximum atomic E-state index is 13.2. The Morgan fingerprint density at radius 2 is 1.65 bits per heavy atom. The van der Waals surface area contributed by atoms with Crippen LogP contribution in [0.15, 0.2) is 54.9 Å². The summed E-state index contributed by atoms with van der Waals surface area (Å²) in [6.45, 7) is 2.78. The standard InChI is InChI=1S/C42H57ClN2O9/c1-28-23-30(27-53-42(17-18-42)34-25-44-19-16-32(34)33-10-3-4-11-38(33)54-31-12-13-31)35(43)24-29(28)9-5-7-21-45(20-6-2-8-22-46)39(50)15-14-36(48)40(51)41(52)37(49)26-47/h3-4,10-11,16,19,23-25,31,36-37,40-41,46-49,51-52H,2,5-9,12-15,17-18,20-22,26-27H2,1H3/t36-,37+,40?,41+/m0/s1. The van der Waals surface area contributed by atoms with Gasteiger partial charge in [-0.05, 0) is 118 Å². The number of para-hydroxylation sites is 1. The van der Waals surface area contributed by atoms with E-state index in [2.05, 4.69) is 24.0 Å². The molecule has 0 aliphatic heterocycles. The van der Waals surface area contributed by atoms with Gasteiger partial charge in [-0.1, -0.05) is 35.9 Å². The summed E-state index contributed by atoms with van der Waals surface area (Å²) in [6.07, 6.45) is 5.84. The van der Waals surface area contributed by atoms with Gasteiger partial charge in [-0.15, -0.1) is 0 Å². The first-order valence-electron chi connectivity index (χ1n) is 19.4. The number of aliphatic hydroxyl groups is 6. The molecule has 4 atom stereocenters. The highest BCUT2D eigenvalue weighted by Crippen LogP contribution is 2.53. The highest BCUT2D eigenvalue weighted by atomic mass is 35.5. The van der Waals surface area contributed by atoms with Gasteiger partial charge in [0.1, 0.15) is 24.1 Å². The largest absolute Gasteiger partial charge is 0.490 e. The Labute approximate surface area is 323 Å². The number of aryl methyl sites for hydroxylation is 2. The zero-order chi connectivity index (χ0) is 38.7. The Morgan fingerprint density at radius 1 is 0.926 bits per heavy atom. The number of benzene rings is 2. The van der Waals surface area contributed by atoms with E-state index in [1.807, 2.05) is 42.7 Å². The normalized spacial score (nSPS) is 17.1. The summed E-state index contributed by atoms with van der Waals surface area (Å²) in [5, 5.41) is 58.8. The second-order valence-electron chi connectivity index (χ2n) is 14.8. The van der Waals surface area contributed by atoms with E-state index >= 15 is 0 Å². The molecule has 3 aromatic rings. The third kappa shape index (κ3) is 11.5. The van der Waals surface area contributed by atoms with Crippen LogP contribution in [0.25, 0.3) is 11.1 Å². The Morgan fingerprint density at radius 3 is 2.35 bits per heavy atom. The van der Waals surface area contributed by atoms with Gasteiger partial charge in [-0.3, -0.25) is 9.78 Å². The zero-order valence-corrected chi connectivity index (χ0v) is 32.0. The molecule has 2 aromatic carbocycles. The van der Waals surface area contributed by atoms with Gasteiger partial charge in [-0.25, -0.2) is 0 Å². The fourth-order valence-corrected chi connectivity index (χ4v) is 7.11. The molecular formula is C42H57ClN2O9. The van der Waals surface area contributed by atoms with Crippen molar-refractivity contribution in [1.82, 2.24) is 9.88 Å². The lowest BCUT2D eigenvalue weighted by molar-refractivity contribution is -0.135. The smallest absolute Gasteiger partial charge is 0.222 e. The van der Waals surface area contributed by atoms with E-state index in [9.17, 15) is 25.2 Å². The molecule has 12 heteroatoms. The van der Waals surface area contributed by atoms with E-state index in [0.29, 0.717) is 37.2 Å². The zero-order valence-electron chi connectivity index (χ0n) is 31.3. The Kier molecular flexibility index (Phi) is 15.7. The Hall–Kier alpha value is -3.13. The molecular weight excluding hydrogens is 712 g/mol. The number of rotatable bonds is 24. The summed E-state index contributed by atoms with van der Waals surface area (Å²) in [4.78, 5) is 19.4. The number of nitrogens with zero attached hydrogens (tertiary/aromatic N) is 2. The highest BCUT2D eigenvalue weighted by Gasteiger charge is 2.48. The van der Waals surface area contributed by atoms with Crippen molar-refractivity contribution in [2.75, 3.05) is 26.3 Å². The predicted molar refractivity (Wildman–Crippen MR) is 206 cm³/mol. The number of carbonyl (C=O) groups excluding carboxylic acids is 1. The number of aliphatic hydroxyl groups excluding tert-OH is 6. The van der Waals surface area contributed by atoms with Crippen LogP contribution in [0.5, 0.6) is 5.75 Å². The van der Waals surface area contributed by atoms with Gasteiger partial charge in [0.05, 0.1) is 31.0 Å². The number of hydrogen-bond donors (Lipinski definition) is 6. The van der Waals surface area contributed by atoms with Crippen LogP contribution in [-0.4, -0.2) is 103 Å². The second-order valence-corrected chi connectivity index (χ2v) is 15.3. The summed E-state index contributed by atoms with van der Waals surface area (Å²) < 4.78 is 12.9. The Balaban J connectivity index is 1.15. The van der Waals surface area contributed by atoms with Crippen LogP contribution in [0.1, 0.15) is 92.9 Å². The number of aromatic nitrogens is 1. The molecule has 0 spiro atoms. The SMILES string of the molecule is Cc1cc(COC2(c3cnccc3-c3ccccc3OC3CC3)CC2)c(Cl)cc1CCCCN(CCCCCO)C(=O)CC[C@H](O)C(O)[C@H](O)[C@H](O)CO. The number of pyridine rings is 1. The fourth-order valence-electron chi connectivity index (χ4n) is 6.87. The lowest BCUT2D eigenvalue weighted by Gasteiger charge is -2.27. The number of unbranched alkanes of at least 4 members (excludes halogenated alkanes) is 3. The molecule has 0 saturated heterocycles. The molecule has 0 bridgehead atoms. The summed E-state index contributed by atoms with van der Waals surface area (Å²) in [7, 11) is 0. The molecule has 2 saturated carbocycles. The van der Waals surface area contributed by atoms with Crippen LogP contribution < -0.4 is 4.74 Å². The summed E-state index contributed by atoms with van der Waals surface area (Å²) in [6, 6.07) is 14.3. The minimum absolute atomic E-state index is 0.0517. The third-order valence-corrected chi connectivity index (χ3v) is 10.9. The van der Waals surface area contributed by atoms with Crippen molar-refractivity contribution in [3.8, 4) is 16.9 Å². The van der Waals surface area contributed by atoms with Crippen molar-refractivity contribution < 1.29 is 44.9 Å². The van der Waals surface area contributed by atoms with Crippen molar-refractivity contribution in [3.05, 3.63) is 82.1 Å². The molecule has 0 radical (unpaired) electrons. The molecule has 1 unspecified atom stereocenters.